The van der Waals surface area contributed by atoms with Crippen molar-refractivity contribution in [3.63, 3.8) is 0 Å². The van der Waals surface area contributed by atoms with Gasteiger partial charge in [0.15, 0.2) is 0 Å². The van der Waals surface area contributed by atoms with Gasteiger partial charge in [-0.15, -0.1) is 0 Å². The molecule has 0 amide bonds. The van der Waals surface area contributed by atoms with Crippen molar-refractivity contribution in [1.29, 1.82) is 5.26 Å². The van der Waals surface area contributed by atoms with Crippen LogP contribution in [0, 0.1) is 11.3 Å². The third-order valence-electron chi connectivity index (χ3n) is 3.51. The zero-order chi connectivity index (χ0) is 18.4. The summed E-state index contributed by atoms with van der Waals surface area (Å²) in [6.07, 6.45) is 0.332. The Kier molecular flexibility index (Phi) is 6.07. The largest absolute Gasteiger partial charge is 0.434 e. The van der Waals surface area contributed by atoms with Crippen LogP contribution in [0.3, 0.4) is 0 Å². The van der Waals surface area contributed by atoms with Crippen molar-refractivity contribution in [1.82, 2.24) is 4.72 Å². The van der Waals surface area contributed by atoms with Crippen LogP contribution in [0.4, 0.5) is 8.78 Å². The molecule has 0 spiro atoms. The molecule has 0 heterocycles. The molecule has 2 aromatic rings. The predicted molar refractivity (Wildman–Crippen MR) is 87.6 cm³/mol. The van der Waals surface area contributed by atoms with E-state index in [0.717, 1.165) is 0 Å². The lowest BCUT2D eigenvalue weighted by Gasteiger charge is -2.20. The van der Waals surface area contributed by atoms with E-state index in [9.17, 15) is 17.2 Å². The van der Waals surface area contributed by atoms with Gasteiger partial charge in [-0.1, -0.05) is 25.1 Å². The highest BCUT2D eigenvalue weighted by molar-refractivity contribution is 7.89. The molecule has 0 saturated heterocycles. The molecule has 2 rings (SSSR count). The lowest BCUT2D eigenvalue weighted by molar-refractivity contribution is -0.0506. The number of nitriles is 1. The fourth-order valence-electron chi connectivity index (χ4n) is 2.30. The Morgan fingerprint density at radius 2 is 1.80 bits per heavy atom. The third-order valence-corrected chi connectivity index (χ3v) is 5.00. The first kappa shape index (κ1) is 18.8. The minimum absolute atomic E-state index is 0.0165. The molecule has 0 saturated carbocycles. The number of alkyl halides is 2. The van der Waals surface area contributed by atoms with Gasteiger partial charge in [-0.25, -0.2) is 13.1 Å². The zero-order valence-corrected chi connectivity index (χ0v) is 14.1. The Morgan fingerprint density at radius 1 is 1.16 bits per heavy atom. The zero-order valence-electron chi connectivity index (χ0n) is 13.3. The second-order valence-electron chi connectivity index (χ2n) is 5.13. The van der Waals surface area contributed by atoms with Crippen molar-refractivity contribution in [3.8, 4) is 11.8 Å². The predicted octanol–water partition coefficient (Wildman–Crippen LogP) is 3.59. The molecule has 0 aliphatic heterocycles. The van der Waals surface area contributed by atoms with Gasteiger partial charge in [0.2, 0.25) is 10.0 Å². The van der Waals surface area contributed by atoms with Gasteiger partial charge in [0.25, 0.3) is 0 Å². The summed E-state index contributed by atoms with van der Waals surface area (Å²) >= 11 is 0. The van der Waals surface area contributed by atoms with Crippen LogP contribution >= 0.6 is 0 Å². The number of halogens is 2. The van der Waals surface area contributed by atoms with Crippen LogP contribution in [0.25, 0.3) is 0 Å². The number of hydrogen-bond donors (Lipinski definition) is 1. The average molecular weight is 366 g/mol. The number of sulfonamides is 1. The van der Waals surface area contributed by atoms with Crippen molar-refractivity contribution in [2.45, 2.75) is 30.9 Å². The average Bonchev–Trinajstić information content (AvgIpc) is 2.60. The third kappa shape index (κ3) is 4.75. The van der Waals surface area contributed by atoms with Crippen LogP contribution in [0.1, 0.15) is 30.5 Å². The maximum absolute atomic E-state index is 12.6. The van der Waals surface area contributed by atoms with E-state index in [1.165, 1.54) is 42.5 Å². The Balaban J connectivity index is 2.31. The molecular formula is C17H16F2N2O3S. The maximum atomic E-state index is 12.6. The smallest absolute Gasteiger partial charge is 0.387 e. The minimum Gasteiger partial charge on any atom is -0.434 e. The molecule has 1 atom stereocenters. The molecule has 132 valence electrons. The topological polar surface area (TPSA) is 79.2 Å². The molecule has 1 unspecified atom stereocenters. The Labute approximate surface area is 144 Å². The highest BCUT2D eigenvalue weighted by Crippen LogP contribution is 2.29. The van der Waals surface area contributed by atoms with Gasteiger partial charge in [0.05, 0.1) is 22.6 Å². The maximum Gasteiger partial charge on any atom is 0.387 e. The monoisotopic (exact) mass is 366 g/mol. The van der Waals surface area contributed by atoms with Crippen LogP contribution < -0.4 is 9.46 Å². The second kappa shape index (κ2) is 8.05. The molecular weight excluding hydrogens is 350 g/mol. The van der Waals surface area contributed by atoms with E-state index in [2.05, 4.69) is 9.46 Å². The molecule has 0 bridgehead atoms. The fraction of sp³-hybridized carbons (Fsp3) is 0.235. The van der Waals surface area contributed by atoms with Gasteiger partial charge in [0.1, 0.15) is 5.75 Å². The Hall–Kier alpha value is -2.50. The number of benzene rings is 2. The molecule has 0 radical (unpaired) electrons. The molecule has 25 heavy (non-hydrogen) atoms. The first-order valence-corrected chi connectivity index (χ1v) is 8.92. The second-order valence-corrected chi connectivity index (χ2v) is 6.85. The van der Waals surface area contributed by atoms with E-state index in [1.807, 2.05) is 6.07 Å². The standard InChI is InChI=1S/C17H16F2N2O3S/c1-2-15(14-5-3-4-6-16(14)24-17(18)19)21-25(22,23)13-9-7-12(11-20)8-10-13/h3-10,15,17,21H,2H2,1H3. The number of ether oxygens (including phenoxy) is 1. The van der Waals surface area contributed by atoms with Gasteiger partial charge in [-0.3, -0.25) is 0 Å². The summed E-state index contributed by atoms with van der Waals surface area (Å²) < 4.78 is 57.1. The summed E-state index contributed by atoms with van der Waals surface area (Å²) in [5.41, 5.74) is 0.657. The van der Waals surface area contributed by atoms with Crippen LogP contribution in [-0.2, 0) is 10.0 Å². The number of nitrogens with zero attached hydrogens (tertiary/aromatic N) is 1. The summed E-state index contributed by atoms with van der Waals surface area (Å²) in [4.78, 5) is -0.0165. The number of nitrogens with one attached hydrogen (secondary N) is 1. The Bertz CT molecular complexity index is 862. The van der Waals surface area contributed by atoms with Gasteiger partial charge in [0, 0.05) is 5.56 Å². The summed E-state index contributed by atoms with van der Waals surface area (Å²) in [6, 6.07) is 12.6. The van der Waals surface area contributed by atoms with E-state index >= 15 is 0 Å². The van der Waals surface area contributed by atoms with Gasteiger partial charge >= 0.3 is 6.61 Å². The highest BCUT2D eigenvalue weighted by Gasteiger charge is 2.23. The lowest BCUT2D eigenvalue weighted by atomic mass is 10.0. The van der Waals surface area contributed by atoms with Gasteiger partial charge < -0.3 is 4.74 Å². The van der Waals surface area contributed by atoms with Crippen molar-refractivity contribution in [3.05, 3.63) is 59.7 Å². The molecule has 0 aliphatic rings. The number of hydrogen-bond acceptors (Lipinski definition) is 4. The van der Waals surface area contributed by atoms with E-state index in [0.29, 0.717) is 17.5 Å². The molecule has 0 fully saturated rings. The summed E-state index contributed by atoms with van der Waals surface area (Å²) in [5.74, 6) is -0.0770. The van der Waals surface area contributed by atoms with Crippen molar-refractivity contribution >= 4 is 10.0 Å². The quantitative estimate of drug-likeness (QED) is 0.812. The Morgan fingerprint density at radius 3 is 2.36 bits per heavy atom. The number of para-hydroxylation sites is 1. The molecule has 1 N–H and O–H groups in total. The van der Waals surface area contributed by atoms with Crippen LogP contribution in [-0.4, -0.2) is 15.0 Å². The van der Waals surface area contributed by atoms with Crippen molar-refractivity contribution in [2.24, 2.45) is 0 Å². The van der Waals surface area contributed by atoms with Crippen LogP contribution in [0.5, 0.6) is 5.75 Å². The first-order chi connectivity index (χ1) is 11.9. The SMILES string of the molecule is CCC(NS(=O)(=O)c1ccc(C#N)cc1)c1ccccc1OC(F)F. The van der Waals surface area contributed by atoms with E-state index in [4.69, 9.17) is 5.26 Å². The number of rotatable bonds is 7. The molecule has 5 nitrogen and oxygen atoms in total. The van der Waals surface area contributed by atoms with Crippen molar-refractivity contribution < 1.29 is 21.9 Å². The normalized spacial score (nSPS) is 12.6. The van der Waals surface area contributed by atoms with E-state index in [1.54, 1.807) is 13.0 Å². The van der Waals surface area contributed by atoms with E-state index < -0.39 is 22.7 Å². The first-order valence-electron chi connectivity index (χ1n) is 7.43. The molecule has 0 aromatic heterocycles. The summed E-state index contributed by atoms with van der Waals surface area (Å²) in [6.45, 7) is -1.28. The van der Waals surface area contributed by atoms with Gasteiger partial charge in [-0.2, -0.15) is 14.0 Å². The van der Waals surface area contributed by atoms with Crippen LogP contribution in [0.15, 0.2) is 53.4 Å². The molecule has 0 aliphatic carbocycles. The lowest BCUT2D eigenvalue weighted by Crippen LogP contribution is -2.28. The summed E-state index contributed by atoms with van der Waals surface area (Å²) in [7, 11) is -3.89. The fourth-order valence-corrected chi connectivity index (χ4v) is 3.60. The molecule has 8 heteroatoms. The minimum atomic E-state index is -3.89. The van der Waals surface area contributed by atoms with Gasteiger partial charge in [-0.05, 0) is 36.8 Å². The summed E-state index contributed by atoms with van der Waals surface area (Å²) in [5, 5.41) is 8.78. The van der Waals surface area contributed by atoms with Crippen molar-refractivity contribution in [2.75, 3.05) is 0 Å². The highest BCUT2D eigenvalue weighted by atomic mass is 32.2. The molecule has 2 aromatic carbocycles. The van der Waals surface area contributed by atoms with Crippen LogP contribution in [0.2, 0.25) is 0 Å². The van der Waals surface area contributed by atoms with E-state index in [-0.39, 0.29) is 10.6 Å².